The molecule has 1 aromatic heterocycles. The van der Waals surface area contributed by atoms with Crippen molar-refractivity contribution >= 4 is 38.6 Å². The van der Waals surface area contributed by atoms with Gasteiger partial charge in [0.05, 0.1) is 23.6 Å². The number of aromatic amines is 1. The van der Waals surface area contributed by atoms with E-state index in [-0.39, 0.29) is 17.7 Å². The van der Waals surface area contributed by atoms with Crippen LogP contribution in [0.1, 0.15) is 44.8 Å². The predicted molar refractivity (Wildman–Crippen MR) is 128 cm³/mol. The number of rotatable bonds is 6. The number of nitrogens with one attached hydrogen (secondary N) is 2. The van der Waals surface area contributed by atoms with Crippen molar-refractivity contribution in [2.75, 3.05) is 38.5 Å². The highest BCUT2D eigenvalue weighted by atomic mass is 35.5. The number of carbonyl (C=O) groups is 1. The molecule has 0 saturated carbocycles. The zero-order chi connectivity index (χ0) is 23.8. The third kappa shape index (κ3) is 4.99. The molecule has 3 N–H and O–H groups in total. The van der Waals surface area contributed by atoms with E-state index in [1.807, 2.05) is 6.07 Å². The first kappa shape index (κ1) is 24.3. The van der Waals surface area contributed by atoms with E-state index in [0.717, 1.165) is 29.3 Å². The summed E-state index contributed by atoms with van der Waals surface area (Å²) in [5.74, 6) is 0.403. The standard InChI is InChI=1S/C22H32ClN5O4S/c1-22(2,20(29)18-13-17(23)12-15-14-25-26-19(15)18)16-4-8-27(9-5-16)21(30)24-6-10-28-7-3-11-33(28,31)32/h12-14,16,20,29H,3-11H2,1-2H3,(H,24,30)(H,25,26). The molecule has 1 unspecified atom stereocenters. The first-order chi connectivity index (χ1) is 15.6. The molecular formula is C22H32ClN5O4S. The molecule has 182 valence electrons. The number of amides is 2. The number of aliphatic hydroxyl groups is 1. The maximum atomic E-state index is 12.6. The maximum absolute atomic E-state index is 12.6. The van der Waals surface area contributed by atoms with Crippen LogP contribution in [0.5, 0.6) is 0 Å². The number of sulfonamides is 1. The fourth-order valence-corrected chi connectivity index (χ4v) is 6.82. The molecule has 2 aliphatic rings. The lowest BCUT2D eigenvalue weighted by Gasteiger charge is -2.43. The Labute approximate surface area is 199 Å². The summed E-state index contributed by atoms with van der Waals surface area (Å²) >= 11 is 6.27. The third-order valence-electron chi connectivity index (χ3n) is 7.22. The molecule has 4 rings (SSSR count). The molecule has 0 radical (unpaired) electrons. The fraction of sp³-hybridized carbons (Fsp3) is 0.636. The van der Waals surface area contributed by atoms with Crippen LogP contribution in [-0.4, -0.2) is 77.4 Å². The Morgan fingerprint density at radius 3 is 2.73 bits per heavy atom. The van der Waals surface area contributed by atoms with Crippen LogP contribution in [0.15, 0.2) is 18.3 Å². The lowest BCUT2D eigenvalue weighted by molar-refractivity contribution is -0.0143. The minimum atomic E-state index is -3.15. The number of fused-ring (bicyclic) bond motifs is 1. The number of carbonyl (C=O) groups excluding carboxylic acids is 1. The Bertz CT molecular complexity index is 1110. The molecule has 3 heterocycles. The first-order valence-corrected chi connectivity index (χ1v) is 13.4. The van der Waals surface area contributed by atoms with Crippen molar-refractivity contribution in [3.63, 3.8) is 0 Å². The van der Waals surface area contributed by atoms with Crippen molar-refractivity contribution in [1.29, 1.82) is 0 Å². The summed E-state index contributed by atoms with van der Waals surface area (Å²) in [6.07, 6.45) is 3.13. The number of nitrogens with zero attached hydrogens (tertiary/aromatic N) is 3. The van der Waals surface area contributed by atoms with E-state index in [2.05, 4.69) is 29.4 Å². The van der Waals surface area contributed by atoms with Gasteiger partial charge in [0, 0.05) is 48.7 Å². The van der Waals surface area contributed by atoms with Gasteiger partial charge in [-0.1, -0.05) is 25.4 Å². The lowest BCUT2D eigenvalue weighted by atomic mass is 9.68. The molecule has 0 spiro atoms. The zero-order valence-corrected chi connectivity index (χ0v) is 20.6. The number of piperidine rings is 1. The molecule has 33 heavy (non-hydrogen) atoms. The van der Waals surface area contributed by atoms with Crippen LogP contribution in [0.25, 0.3) is 10.9 Å². The van der Waals surface area contributed by atoms with Crippen molar-refractivity contribution in [1.82, 2.24) is 24.7 Å². The van der Waals surface area contributed by atoms with Crippen LogP contribution in [0.2, 0.25) is 5.02 Å². The molecule has 0 aliphatic carbocycles. The van der Waals surface area contributed by atoms with E-state index in [0.29, 0.717) is 44.2 Å². The molecule has 0 bridgehead atoms. The Morgan fingerprint density at radius 2 is 2.06 bits per heavy atom. The largest absolute Gasteiger partial charge is 0.388 e. The second-order valence-electron chi connectivity index (χ2n) is 9.62. The molecule has 1 aromatic carbocycles. The summed E-state index contributed by atoms with van der Waals surface area (Å²) in [5.41, 5.74) is 1.09. The van der Waals surface area contributed by atoms with Crippen molar-refractivity contribution < 1.29 is 18.3 Å². The van der Waals surface area contributed by atoms with Gasteiger partial charge in [-0.3, -0.25) is 5.10 Å². The minimum Gasteiger partial charge on any atom is -0.388 e. The average Bonchev–Trinajstić information content (AvgIpc) is 3.38. The number of hydrogen-bond donors (Lipinski definition) is 3. The molecule has 2 fully saturated rings. The second kappa shape index (κ2) is 9.40. The van der Waals surface area contributed by atoms with E-state index in [9.17, 15) is 18.3 Å². The number of likely N-dealkylation sites (tertiary alicyclic amines) is 1. The van der Waals surface area contributed by atoms with E-state index < -0.39 is 21.5 Å². The molecule has 2 aromatic rings. The monoisotopic (exact) mass is 497 g/mol. The van der Waals surface area contributed by atoms with Crippen molar-refractivity contribution in [2.45, 2.75) is 39.2 Å². The smallest absolute Gasteiger partial charge is 0.317 e. The van der Waals surface area contributed by atoms with Crippen LogP contribution >= 0.6 is 11.6 Å². The summed E-state index contributed by atoms with van der Waals surface area (Å²) < 4.78 is 25.2. The van der Waals surface area contributed by atoms with Crippen LogP contribution < -0.4 is 5.32 Å². The van der Waals surface area contributed by atoms with Gasteiger partial charge in [0.1, 0.15) is 0 Å². The Kier molecular flexibility index (Phi) is 6.91. The maximum Gasteiger partial charge on any atom is 0.317 e. The van der Waals surface area contributed by atoms with Gasteiger partial charge in [-0.15, -0.1) is 0 Å². The second-order valence-corrected chi connectivity index (χ2v) is 12.1. The van der Waals surface area contributed by atoms with Gasteiger partial charge in [-0.2, -0.15) is 5.10 Å². The quantitative estimate of drug-likeness (QED) is 0.567. The summed E-state index contributed by atoms with van der Waals surface area (Å²) in [4.78, 5) is 14.3. The average molecular weight is 498 g/mol. The van der Waals surface area contributed by atoms with Crippen LogP contribution in [0.4, 0.5) is 4.79 Å². The summed E-state index contributed by atoms with van der Waals surface area (Å²) in [7, 11) is -3.15. The number of hydrogen-bond acceptors (Lipinski definition) is 5. The van der Waals surface area contributed by atoms with Gasteiger partial charge >= 0.3 is 6.03 Å². The third-order valence-corrected chi connectivity index (χ3v) is 9.39. The Balaban J connectivity index is 1.32. The fourth-order valence-electron chi connectivity index (χ4n) is 5.06. The number of H-pyrrole nitrogens is 1. The zero-order valence-electron chi connectivity index (χ0n) is 19.1. The van der Waals surface area contributed by atoms with Gasteiger partial charge in [0.15, 0.2) is 0 Å². The Hall–Kier alpha value is -1.88. The molecular weight excluding hydrogens is 466 g/mol. The van der Waals surface area contributed by atoms with E-state index in [1.165, 1.54) is 4.31 Å². The molecule has 11 heteroatoms. The van der Waals surface area contributed by atoms with Crippen LogP contribution in [0.3, 0.4) is 0 Å². The number of urea groups is 1. The molecule has 2 aliphatic heterocycles. The Morgan fingerprint density at radius 1 is 1.33 bits per heavy atom. The number of aliphatic hydroxyl groups excluding tert-OH is 1. The number of halogens is 1. The molecule has 9 nitrogen and oxygen atoms in total. The van der Waals surface area contributed by atoms with E-state index in [1.54, 1.807) is 17.2 Å². The highest BCUT2D eigenvalue weighted by Gasteiger charge is 2.40. The SMILES string of the molecule is CC(C)(C1CCN(C(=O)NCCN2CCCS2(=O)=O)CC1)C(O)c1cc(Cl)cc2cn[nH]c12. The minimum absolute atomic E-state index is 0.169. The predicted octanol–water partition coefficient (Wildman–Crippen LogP) is 2.73. The van der Waals surface area contributed by atoms with Crippen LogP contribution in [-0.2, 0) is 10.0 Å². The van der Waals surface area contributed by atoms with Gasteiger partial charge < -0.3 is 15.3 Å². The molecule has 1 atom stereocenters. The highest BCUT2D eigenvalue weighted by Crippen LogP contribution is 2.46. The molecule has 2 amide bonds. The van der Waals surface area contributed by atoms with E-state index >= 15 is 0 Å². The highest BCUT2D eigenvalue weighted by molar-refractivity contribution is 7.89. The number of benzene rings is 1. The van der Waals surface area contributed by atoms with E-state index in [4.69, 9.17) is 11.6 Å². The first-order valence-electron chi connectivity index (χ1n) is 11.4. The lowest BCUT2D eigenvalue weighted by Crippen LogP contribution is -2.48. The summed E-state index contributed by atoms with van der Waals surface area (Å²) in [6, 6.07) is 3.44. The summed E-state index contributed by atoms with van der Waals surface area (Å²) in [6.45, 7) is 6.42. The number of aromatic nitrogens is 2. The van der Waals surface area contributed by atoms with Gasteiger partial charge in [-0.25, -0.2) is 17.5 Å². The van der Waals surface area contributed by atoms with Crippen molar-refractivity contribution in [3.05, 3.63) is 28.9 Å². The topological polar surface area (TPSA) is 119 Å². The van der Waals surface area contributed by atoms with Crippen LogP contribution in [0, 0.1) is 11.3 Å². The normalized spacial score (nSPS) is 20.9. The van der Waals surface area contributed by atoms with Crippen molar-refractivity contribution in [3.8, 4) is 0 Å². The van der Waals surface area contributed by atoms with Crippen molar-refractivity contribution in [2.24, 2.45) is 11.3 Å². The summed E-state index contributed by atoms with van der Waals surface area (Å²) in [5, 5.41) is 22.6. The molecule has 2 saturated heterocycles. The van der Waals surface area contributed by atoms with Gasteiger partial charge in [0.2, 0.25) is 10.0 Å². The van der Waals surface area contributed by atoms with Gasteiger partial charge in [-0.05, 0) is 42.7 Å². The van der Waals surface area contributed by atoms with Gasteiger partial charge in [0.25, 0.3) is 0 Å².